The van der Waals surface area contributed by atoms with Crippen LogP contribution in [-0.2, 0) is 19.6 Å². The number of carbonyl (C=O) groups excluding carboxylic acids is 1. The minimum absolute atomic E-state index is 0.0454. The largest absolute Gasteiger partial charge is 0.495 e. The van der Waals surface area contributed by atoms with Crippen LogP contribution in [0.1, 0.15) is 5.56 Å². The SMILES string of the molecule is COc1ccccc1NS(=O)(=O)c1cc(NC(=O)/C=C\c2cccc(Br)c2)ccc1N1CCOCC1. The fourth-order valence-electron chi connectivity index (χ4n) is 3.77. The van der Waals surface area contributed by atoms with E-state index in [4.69, 9.17) is 9.47 Å². The molecule has 36 heavy (non-hydrogen) atoms. The predicted molar refractivity (Wildman–Crippen MR) is 145 cm³/mol. The third-order valence-corrected chi connectivity index (χ3v) is 7.38. The molecule has 0 spiro atoms. The van der Waals surface area contributed by atoms with Crippen molar-refractivity contribution in [1.82, 2.24) is 0 Å². The summed E-state index contributed by atoms with van der Waals surface area (Å²) in [6, 6.07) is 19.2. The molecule has 1 aliphatic heterocycles. The second kappa shape index (κ2) is 11.6. The summed E-state index contributed by atoms with van der Waals surface area (Å²) < 4.78 is 41.4. The maximum absolute atomic E-state index is 13.6. The highest BCUT2D eigenvalue weighted by molar-refractivity contribution is 9.10. The van der Waals surface area contributed by atoms with Crippen LogP contribution in [-0.4, -0.2) is 47.7 Å². The Morgan fingerprint density at radius 2 is 1.83 bits per heavy atom. The van der Waals surface area contributed by atoms with E-state index in [1.54, 1.807) is 42.5 Å². The van der Waals surface area contributed by atoms with E-state index in [1.165, 1.54) is 19.3 Å². The average molecular weight is 572 g/mol. The molecule has 10 heteroatoms. The zero-order valence-electron chi connectivity index (χ0n) is 19.6. The van der Waals surface area contributed by atoms with Crippen LogP contribution >= 0.6 is 15.9 Å². The molecule has 1 aliphatic rings. The van der Waals surface area contributed by atoms with Crippen molar-refractivity contribution in [3.05, 3.63) is 82.8 Å². The number of ether oxygens (including phenoxy) is 2. The Labute approximate surface area is 219 Å². The summed E-state index contributed by atoms with van der Waals surface area (Å²) >= 11 is 3.40. The lowest BCUT2D eigenvalue weighted by atomic mass is 10.2. The van der Waals surface area contributed by atoms with Gasteiger partial charge in [0.2, 0.25) is 5.91 Å². The fourth-order valence-corrected chi connectivity index (χ4v) is 5.51. The van der Waals surface area contributed by atoms with Gasteiger partial charge in [0.15, 0.2) is 0 Å². The smallest absolute Gasteiger partial charge is 0.264 e. The van der Waals surface area contributed by atoms with Gasteiger partial charge in [0.05, 0.1) is 31.7 Å². The second-order valence-corrected chi connectivity index (χ2v) is 10.5. The summed E-state index contributed by atoms with van der Waals surface area (Å²) in [6.45, 7) is 2.10. The molecular weight excluding hydrogens is 546 g/mol. The van der Waals surface area contributed by atoms with E-state index < -0.39 is 10.0 Å². The van der Waals surface area contributed by atoms with Gasteiger partial charge in [-0.05, 0) is 54.1 Å². The standard InChI is InChI=1S/C26H26BrN3O5S/c1-34-24-8-3-2-7-22(24)29-36(32,33)25-18-21(10-11-23(25)30-13-15-35-16-14-30)28-26(31)12-9-19-5-4-6-20(27)17-19/h2-12,17-18,29H,13-16H2,1H3,(H,28,31)/b12-9-. The lowest BCUT2D eigenvalue weighted by Gasteiger charge is -2.30. The lowest BCUT2D eigenvalue weighted by Crippen LogP contribution is -2.37. The molecule has 0 saturated carbocycles. The first-order valence-electron chi connectivity index (χ1n) is 11.2. The Kier molecular flexibility index (Phi) is 8.29. The zero-order chi connectivity index (χ0) is 25.5. The predicted octanol–water partition coefficient (Wildman–Crippen LogP) is 4.75. The van der Waals surface area contributed by atoms with E-state index in [9.17, 15) is 13.2 Å². The van der Waals surface area contributed by atoms with E-state index in [1.807, 2.05) is 29.2 Å². The van der Waals surface area contributed by atoms with Crippen molar-refractivity contribution in [2.75, 3.05) is 48.4 Å². The number of sulfonamides is 1. The summed E-state index contributed by atoms with van der Waals surface area (Å²) in [6.07, 6.45) is 3.09. The highest BCUT2D eigenvalue weighted by atomic mass is 79.9. The van der Waals surface area contributed by atoms with E-state index in [0.717, 1.165) is 10.0 Å². The zero-order valence-corrected chi connectivity index (χ0v) is 22.0. The van der Waals surface area contributed by atoms with Gasteiger partial charge in [-0.3, -0.25) is 9.52 Å². The molecule has 3 aromatic carbocycles. The molecule has 3 aromatic rings. The van der Waals surface area contributed by atoms with Crippen molar-refractivity contribution in [2.24, 2.45) is 0 Å². The Bertz CT molecular complexity index is 1370. The molecule has 0 unspecified atom stereocenters. The minimum atomic E-state index is -4.03. The quantitative estimate of drug-likeness (QED) is 0.379. The molecule has 2 N–H and O–H groups in total. The van der Waals surface area contributed by atoms with Gasteiger partial charge in [-0.15, -0.1) is 0 Å². The first-order valence-corrected chi connectivity index (χ1v) is 13.5. The fraction of sp³-hybridized carbons (Fsp3) is 0.192. The van der Waals surface area contributed by atoms with Crippen molar-refractivity contribution >= 4 is 55.0 Å². The molecule has 1 fully saturated rings. The molecule has 0 radical (unpaired) electrons. The summed E-state index contributed by atoms with van der Waals surface area (Å²) in [5.41, 5.74) is 2.06. The number of nitrogens with one attached hydrogen (secondary N) is 2. The van der Waals surface area contributed by atoms with Crippen LogP contribution in [0.25, 0.3) is 6.08 Å². The van der Waals surface area contributed by atoms with E-state index >= 15 is 0 Å². The molecule has 0 bridgehead atoms. The number of hydrogen-bond acceptors (Lipinski definition) is 6. The van der Waals surface area contributed by atoms with Gasteiger partial charge in [-0.25, -0.2) is 8.42 Å². The number of nitrogens with zero attached hydrogens (tertiary/aromatic N) is 1. The molecule has 188 valence electrons. The number of hydrogen-bond donors (Lipinski definition) is 2. The second-order valence-electron chi connectivity index (χ2n) is 7.97. The van der Waals surface area contributed by atoms with Gasteiger partial charge >= 0.3 is 0 Å². The van der Waals surface area contributed by atoms with Crippen LogP contribution in [0.5, 0.6) is 5.75 Å². The van der Waals surface area contributed by atoms with Crippen molar-refractivity contribution in [3.8, 4) is 5.75 Å². The Morgan fingerprint density at radius 1 is 1.06 bits per heavy atom. The van der Waals surface area contributed by atoms with E-state index in [-0.39, 0.29) is 10.8 Å². The van der Waals surface area contributed by atoms with Crippen molar-refractivity contribution in [3.63, 3.8) is 0 Å². The van der Waals surface area contributed by atoms with Gasteiger partial charge < -0.3 is 19.7 Å². The van der Waals surface area contributed by atoms with Crippen LogP contribution in [0.3, 0.4) is 0 Å². The number of amides is 1. The maximum Gasteiger partial charge on any atom is 0.264 e. The third kappa shape index (κ3) is 6.45. The molecule has 8 nitrogen and oxygen atoms in total. The van der Waals surface area contributed by atoms with Gasteiger partial charge in [0.1, 0.15) is 10.6 Å². The van der Waals surface area contributed by atoms with Crippen molar-refractivity contribution in [1.29, 1.82) is 0 Å². The molecule has 0 atom stereocenters. The lowest BCUT2D eigenvalue weighted by molar-refractivity contribution is -0.111. The van der Waals surface area contributed by atoms with Gasteiger partial charge in [0, 0.05) is 29.3 Å². The number of methoxy groups -OCH3 is 1. The van der Waals surface area contributed by atoms with Crippen LogP contribution in [0, 0.1) is 0 Å². The van der Waals surface area contributed by atoms with E-state index in [0.29, 0.717) is 49.1 Å². The molecule has 0 aromatic heterocycles. The molecule has 0 aliphatic carbocycles. The number of benzene rings is 3. The van der Waals surface area contributed by atoms with Crippen LogP contribution < -0.4 is 19.7 Å². The van der Waals surface area contributed by atoms with Crippen molar-refractivity contribution < 1.29 is 22.7 Å². The highest BCUT2D eigenvalue weighted by Gasteiger charge is 2.25. The minimum Gasteiger partial charge on any atom is -0.495 e. The summed E-state index contributed by atoms with van der Waals surface area (Å²) in [5.74, 6) is 0.0197. The molecule has 1 saturated heterocycles. The number of para-hydroxylation sites is 2. The number of anilines is 3. The highest BCUT2D eigenvalue weighted by Crippen LogP contribution is 2.33. The molecular formula is C26H26BrN3O5S. The summed E-state index contributed by atoms with van der Waals surface area (Å²) in [4.78, 5) is 14.6. The van der Waals surface area contributed by atoms with Crippen molar-refractivity contribution in [2.45, 2.75) is 4.90 Å². The summed E-state index contributed by atoms with van der Waals surface area (Å²) in [5, 5.41) is 2.76. The monoisotopic (exact) mass is 571 g/mol. The van der Waals surface area contributed by atoms with Crippen LogP contribution in [0.2, 0.25) is 0 Å². The molecule has 1 heterocycles. The van der Waals surface area contributed by atoms with E-state index in [2.05, 4.69) is 26.0 Å². The number of halogens is 1. The number of rotatable bonds is 8. The Balaban J connectivity index is 1.63. The maximum atomic E-state index is 13.6. The van der Waals surface area contributed by atoms with Gasteiger partial charge in [0.25, 0.3) is 10.0 Å². The van der Waals surface area contributed by atoms with Gasteiger partial charge in [-0.2, -0.15) is 0 Å². The summed E-state index contributed by atoms with van der Waals surface area (Å²) in [7, 11) is -2.55. The topological polar surface area (TPSA) is 97.0 Å². The number of carbonyl (C=O) groups is 1. The van der Waals surface area contributed by atoms with Crippen LogP contribution in [0.15, 0.2) is 82.2 Å². The molecule has 4 rings (SSSR count). The first-order chi connectivity index (χ1) is 17.4. The Hall–Kier alpha value is -3.34. The third-order valence-electron chi connectivity index (χ3n) is 5.50. The Morgan fingerprint density at radius 3 is 2.58 bits per heavy atom. The van der Waals surface area contributed by atoms with Crippen LogP contribution in [0.4, 0.5) is 17.1 Å². The normalized spacial score (nSPS) is 14.0. The first kappa shape index (κ1) is 25.7. The number of morpholine rings is 1. The van der Waals surface area contributed by atoms with Gasteiger partial charge in [-0.1, -0.05) is 40.2 Å². The molecule has 1 amide bonds. The average Bonchev–Trinajstić information content (AvgIpc) is 2.88.